The van der Waals surface area contributed by atoms with Gasteiger partial charge in [-0.05, 0) is 11.4 Å². The third-order valence-corrected chi connectivity index (χ3v) is 2.75. The van der Waals surface area contributed by atoms with Crippen molar-refractivity contribution in [2.24, 2.45) is 5.73 Å². The number of ether oxygens (including phenoxy) is 1. The second-order valence-electron chi connectivity index (χ2n) is 3.01. The van der Waals surface area contributed by atoms with Gasteiger partial charge in [0.1, 0.15) is 6.04 Å². The van der Waals surface area contributed by atoms with Crippen LogP contribution >= 0.6 is 11.3 Å². The zero-order valence-electron chi connectivity index (χ0n) is 8.31. The molecule has 3 nitrogen and oxygen atoms in total. The Balaban J connectivity index is 2.20. The molecule has 0 saturated heterocycles. The van der Waals surface area contributed by atoms with E-state index in [1.807, 2.05) is 17.5 Å². The van der Waals surface area contributed by atoms with E-state index in [2.05, 4.69) is 5.92 Å². The van der Waals surface area contributed by atoms with Crippen LogP contribution in [-0.4, -0.2) is 18.6 Å². The molecule has 0 radical (unpaired) electrons. The highest BCUT2D eigenvalue weighted by molar-refractivity contribution is 7.09. The minimum Gasteiger partial charge on any atom is -0.464 e. The number of esters is 1. The molecule has 0 spiro atoms. The number of terminal acetylenes is 1. The maximum atomic E-state index is 11.2. The first-order valence-corrected chi connectivity index (χ1v) is 5.50. The fourth-order valence-corrected chi connectivity index (χ4v) is 1.71. The number of hydrogen-bond acceptors (Lipinski definition) is 4. The van der Waals surface area contributed by atoms with Gasteiger partial charge in [-0.3, -0.25) is 4.79 Å². The highest BCUT2D eigenvalue weighted by Gasteiger charge is 2.13. The maximum Gasteiger partial charge on any atom is 0.323 e. The lowest BCUT2D eigenvalue weighted by Gasteiger charge is -2.07. The van der Waals surface area contributed by atoms with Crippen molar-refractivity contribution in [1.29, 1.82) is 0 Å². The Morgan fingerprint density at radius 2 is 2.53 bits per heavy atom. The van der Waals surface area contributed by atoms with Gasteiger partial charge >= 0.3 is 5.97 Å². The first-order chi connectivity index (χ1) is 7.24. The summed E-state index contributed by atoms with van der Waals surface area (Å²) >= 11 is 1.64. The Bertz CT molecular complexity index is 340. The predicted octanol–water partition coefficient (Wildman–Crippen LogP) is 1.18. The fourth-order valence-electron chi connectivity index (χ4n) is 1.02. The summed E-state index contributed by atoms with van der Waals surface area (Å²) in [7, 11) is 0. The molecule has 2 N–H and O–H groups in total. The molecular weight excluding hydrogens is 210 g/mol. The maximum absolute atomic E-state index is 11.2. The first kappa shape index (κ1) is 11.8. The minimum absolute atomic E-state index is 0.220. The van der Waals surface area contributed by atoms with E-state index in [0.29, 0.717) is 6.61 Å². The van der Waals surface area contributed by atoms with E-state index >= 15 is 0 Å². The van der Waals surface area contributed by atoms with Crippen LogP contribution in [0.25, 0.3) is 0 Å². The van der Waals surface area contributed by atoms with Crippen molar-refractivity contribution in [2.45, 2.75) is 18.9 Å². The van der Waals surface area contributed by atoms with Gasteiger partial charge in [-0.25, -0.2) is 0 Å². The molecule has 0 bridgehead atoms. The van der Waals surface area contributed by atoms with E-state index in [1.54, 1.807) is 11.3 Å². The Morgan fingerprint density at radius 3 is 3.13 bits per heavy atom. The zero-order valence-corrected chi connectivity index (χ0v) is 9.13. The van der Waals surface area contributed by atoms with Crippen LogP contribution in [0.5, 0.6) is 0 Å². The second kappa shape index (κ2) is 6.23. The molecule has 0 aliphatic carbocycles. The van der Waals surface area contributed by atoms with Crippen molar-refractivity contribution in [3.05, 3.63) is 22.4 Å². The molecule has 0 aromatic carbocycles. The molecule has 1 unspecified atom stereocenters. The largest absolute Gasteiger partial charge is 0.464 e. The van der Waals surface area contributed by atoms with Crippen LogP contribution in [0.4, 0.5) is 0 Å². The van der Waals surface area contributed by atoms with Gasteiger partial charge in [-0.15, -0.1) is 23.7 Å². The number of rotatable bonds is 5. The van der Waals surface area contributed by atoms with E-state index in [-0.39, 0.29) is 6.42 Å². The number of carbonyl (C=O) groups is 1. The van der Waals surface area contributed by atoms with Crippen molar-refractivity contribution in [2.75, 3.05) is 6.61 Å². The Morgan fingerprint density at radius 1 is 1.73 bits per heavy atom. The van der Waals surface area contributed by atoms with Crippen LogP contribution in [0, 0.1) is 12.3 Å². The summed E-state index contributed by atoms with van der Waals surface area (Å²) < 4.78 is 4.98. The number of carbonyl (C=O) groups excluding carboxylic acids is 1. The number of hydrogen-bond donors (Lipinski definition) is 1. The molecule has 0 amide bonds. The zero-order chi connectivity index (χ0) is 11.1. The lowest BCUT2D eigenvalue weighted by molar-refractivity contribution is -0.144. The van der Waals surface area contributed by atoms with Crippen molar-refractivity contribution in [1.82, 2.24) is 0 Å². The molecule has 4 heteroatoms. The normalized spacial score (nSPS) is 11.7. The van der Waals surface area contributed by atoms with Crippen LogP contribution < -0.4 is 5.73 Å². The minimum atomic E-state index is -0.696. The van der Waals surface area contributed by atoms with Gasteiger partial charge in [0.15, 0.2) is 0 Å². The fraction of sp³-hybridized carbons (Fsp3) is 0.364. The highest BCUT2D eigenvalue weighted by Crippen LogP contribution is 2.09. The molecule has 1 aromatic heterocycles. The summed E-state index contributed by atoms with van der Waals surface area (Å²) in [6, 6.07) is 3.27. The lowest BCUT2D eigenvalue weighted by atomic mass is 10.2. The summed E-state index contributed by atoms with van der Waals surface area (Å²) in [4.78, 5) is 12.4. The summed E-state index contributed by atoms with van der Waals surface area (Å²) in [5, 5.41) is 1.99. The number of thiophene rings is 1. The van der Waals surface area contributed by atoms with Crippen molar-refractivity contribution >= 4 is 17.3 Å². The third-order valence-electron chi connectivity index (χ3n) is 1.81. The Kier molecular flexibility index (Phi) is 4.88. The van der Waals surface area contributed by atoms with Gasteiger partial charge in [0.2, 0.25) is 0 Å². The Labute approximate surface area is 93.2 Å². The molecule has 0 saturated carbocycles. The van der Waals surface area contributed by atoms with E-state index in [0.717, 1.165) is 6.42 Å². The van der Waals surface area contributed by atoms with Crippen molar-refractivity contribution in [3.8, 4) is 12.3 Å². The molecule has 1 atom stereocenters. The van der Waals surface area contributed by atoms with E-state index in [4.69, 9.17) is 16.9 Å². The molecule has 1 heterocycles. The van der Waals surface area contributed by atoms with Crippen LogP contribution in [0.2, 0.25) is 0 Å². The average molecular weight is 223 g/mol. The average Bonchev–Trinajstić information content (AvgIpc) is 2.71. The molecule has 0 aliphatic heterocycles. The predicted molar refractivity (Wildman–Crippen MR) is 60.4 cm³/mol. The SMILES string of the molecule is C#CCC(N)C(=O)OCCc1cccs1. The van der Waals surface area contributed by atoms with Gasteiger partial charge < -0.3 is 10.5 Å². The number of nitrogens with two attached hydrogens (primary N) is 1. The third kappa shape index (κ3) is 4.15. The van der Waals surface area contributed by atoms with Gasteiger partial charge in [-0.1, -0.05) is 6.07 Å². The molecule has 1 aromatic rings. The Hall–Kier alpha value is -1.31. The molecule has 80 valence electrons. The van der Waals surface area contributed by atoms with Gasteiger partial charge in [0.05, 0.1) is 6.61 Å². The quantitative estimate of drug-likeness (QED) is 0.602. The molecular formula is C11H13NO2S. The van der Waals surface area contributed by atoms with Gasteiger partial charge in [-0.2, -0.15) is 0 Å². The van der Waals surface area contributed by atoms with Crippen LogP contribution in [-0.2, 0) is 16.0 Å². The van der Waals surface area contributed by atoms with E-state index in [9.17, 15) is 4.79 Å². The van der Waals surface area contributed by atoms with Crippen LogP contribution in [0.1, 0.15) is 11.3 Å². The standard InChI is InChI=1S/C11H13NO2S/c1-2-4-10(12)11(13)14-7-6-9-5-3-8-15-9/h1,3,5,8,10H,4,6-7,12H2. The van der Waals surface area contributed by atoms with E-state index in [1.165, 1.54) is 4.88 Å². The monoisotopic (exact) mass is 223 g/mol. The molecule has 0 aliphatic rings. The van der Waals surface area contributed by atoms with E-state index < -0.39 is 12.0 Å². The summed E-state index contributed by atoms with van der Waals surface area (Å²) in [6.45, 7) is 0.359. The van der Waals surface area contributed by atoms with Crippen LogP contribution in [0.15, 0.2) is 17.5 Å². The smallest absolute Gasteiger partial charge is 0.323 e. The lowest BCUT2D eigenvalue weighted by Crippen LogP contribution is -2.32. The summed E-state index contributed by atoms with van der Waals surface area (Å²) in [5.74, 6) is 1.90. The molecule has 1 rings (SSSR count). The van der Waals surface area contributed by atoms with Crippen molar-refractivity contribution in [3.63, 3.8) is 0 Å². The topological polar surface area (TPSA) is 52.3 Å². The summed E-state index contributed by atoms with van der Waals surface area (Å²) in [6.07, 6.45) is 5.99. The molecule has 15 heavy (non-hydrogen) atoms. The molecule has 0 fully saturated rings. The first-order valence-electron chi connectivity index (χ1n) is 4.62. The summed E-state index contributed by atoms with van der Waals surface area (Å²) in [5.41, 5.74) is 5.47. The van der Waals surface area contributed by atoms with Crippen LogP contribution in [0.3, 0.4) is 0 Å². The second-order valence-corrected chi connectivity index (χ2v) is 4.04. The van der Waals surface area contributed by atoms with Gasteiger partial charge in [0, 0.05) is 17.7 Å². The highest BCUT2D eigenvalue weighted by atomic mass is 32.1. The van der Waals surface area contributed by atoms with Crippen molar-refractivity contribution < 1.29 is 9.53 Å². The van der Waals surface area contributed by atoms with Gasteiger partial charge in [0.25, 0.3) is 0 Å².